The predicted octanol–water partition coefficient (Wildman–Crippen LogP) is 4.17. The van der Waals surface area contributed by atoms with Gasteiger partial charge in [-0.2, -0.15) is 0 Å². The van der Waals surface area contributed by atoms with Crippen molar-refractivity contribution in [3.05, 3.63) is 39.3 Å². The first-order valence-electron chi connectivity index (χ1n) is 6.16. The molecule has 0 aliphatic heterocycles. The highest BCUT2D eigenvalue weighted by Gasteiger charge is 2.18. The van der Waals surface area contributed by atoms with Crippen molar-refractivity contribution in [2.75, 3.05) is 7.11 Å². The summed E-state index contributed by atoms with van der Waals surface area (Å²) in [6.45, 7) is 0. The molecule has 0 saturated carbocycles. The zero-order valence-corrected chi connectivity index (χ0v) is 14.7. The van der Waals surface area contributed by atoms with Gasteiger partial charge in [0.25, 0.3) is 0 Å². The highest BCUT2D eigenvalue weighted by atomic mass is 35.5. The molecular formula is C13H8Cl2N4O2S2. The topological polar surface area (TPSA) is 80.8 Å². The van der Waals surface area contributed by atoms with Crippen molar-refractivity contribution in [1.82, 2.24) is 20.4 Å². The molecule has 0 amide bonds. The number of hydrogen-bond donors (Lipinski definition) is 1. The third kappa shape index (κ3) is 3.50. The van der Waals surface area contributed by atoms with Gasteiger partial charge < -0.3 is 4.74 Å². The molecule has 2 aromatic heterocycles. The monoisotopic (exact) mass is 386 g/mol. The number of ether oxygens (including phenoxy) is 1. The number of aromatic nitrogens is 4. The molecule has 0 bridgehead atoms. The second-order valence-corrected chi connectivity index (χ2v) is 7.12. The average molecular weight is 387 g/mol. The van der Waals surface area contributed by atoms with Gasteiger partial charge in [0.15, 0.2) is 15.1 Å². The van der Waals surface area contributed by atoms with Crippen LogP contribution in [0.3, 0.4) is 0 Å². The highest BCUT2D eigenvalue weighted by molar-refractivity contribution is 8.01. The van der Waals surface area contributed by atoms with E-state index in [4.69, 9.17) is 23.2 Å². The molecule has 3 aromatic rings. The van der Waals surface area contributed by atoms with Crippen LogP contribution >= 0.6 is 46.3 Å². The SMILES string of the molecule is COC(=O)c1[nH]nnc1Sc1nc(-c2ccc(Cl)c(Cl)c2)cs1. The van der Waals surface area contributed by atoms with E-state index in [1.54, 1.807) is 12.1 Å². The maximum Gasteiger partial charge on any atom is 0.358 e. The first kappa shape index (κ1) is 16.3. The van der Waals surface area contributed by atoms with Crippen molar-refractivity contribution < 1.29 is 9.53 Å². The largest absolute Gasteiger partial charge is 0.464 e. The molecule has 1 aromatic carbocycles. The summed E-state index contributed by atoms with van der Waals surface area (Å²) in [6.07, 6.45) is 0. The van der Waals surface area contributed by atoms with E-state index in [-0.39, 0.29) is 5.69 Å². The lowest BCUT2D eigenvalue weighted by molar-refractivity contribution is 0.0590. The van der Waals surface area contributed by atoms with Crippen LogP contribution in [0.25, 0.3) is 11.3 Å². The molecule has 3 rings (SSSR count). The Morgan fingerprint density at radius 1 is 1.35 bits per heavy atom. The number of methoxy groups -OCH3 is 1. The lowest BCUT2D eigenvalue weighted by Crippen LogP contribution is -2.03. The Balaban J connectivity index is 1.84. The molecular weight excluding hydrogens is 379 g/mol. The van der Waals surface area contributed by atoms with Crippen LogP contribution < -0.4 is 0 Å². The van der Waals surface area contributed by atoms with Gasteiger partial charge in [-0.25, -0.2) is 9.78 Å². The maximum atomic E-state index is 11.6. The number of esters is 1. The quantitative estimate of drug-likeness (QED) is 0.677. The van der Waals surface area contributed by atoms with Gasteiger partial charge in [0, 0.05) is 10.9 Å². The first-order valence-corrected chi connectivity index (χ1v) is 8.62. The van der Waals surface area contributed by atoms with Crippen molar-refractivity contribution in [2.45, 2.75) is 9.37 Å². The van der Waals surface area contributed by atoms with Gasteiger partial charge in [-0.05, 0) is 23.9 Å². The molecule has 0 atom stereocenters. The lowest BCUT2D eigenvalue weighted by atomic mass is 10.2. The molecule has 0 aliphatic carbocycles. The standard InChI is InChI=1S/C13H8Cl2N4O2S2/c1-21-12(20)10-11(18-19-17-10)23-13-16-9(5-22-13)6-2-3-7(14)8(15)4-6/h2-5H,1H3,(H,17,18,19). The van der Waals surface area contributed by atoms with Crippen LogP contribution in [0.1, 0.15) is 10.5 Å². The van der Waals surface area contributed by atoms with Gasteiger partial charge in [-0.1, -0.05) is 34.5 Å². The number of benzene rings is 1. The lowest BCUT2D eigenvalue weighted by Gasteiger charge is -1.99. The number of aromatic amines is 1. The summed E-state index contributed by atoms with van der Waals surface area (Å²) < 4.78 is 5.38. The molecule has 0 radical (unpaired) electrons. The number of hydrogen-bond acceptors (Lipinski definition) is 7. The molecule has 0 saturated heterocycles. The van der Waals surface area contributed by atoms with E-state index in [2.05, 4.69) is 25.1 Å². The third-order valence-corrected chi connectivity index (χ3v) is 5.45. The molecule has 6 nitrogen and oxygen atoms in total. The Hall–Kier alpha value is -1.61. The van der Waals surface area contributed by atoms with E-state index in [0.717, 1.165) is 11.3 Å². The average Bonchev–Trinajstić information content (AvgIpc) is 3.19. The highest BCUT2D eigenvalue weighted by Crippen LogP contribution is 2.35. The summed E-state index contributed by atoms with van der Waals surface area (Å²) >= 11 is 14.6. The van der Waals surface area contributed by atoms with Crippen molar-refractivity contribution in [3.8, 4) is 11.3 Å². The fourth-order valence-corrected chi connectivity index (χ4v) is 3.75. The first-order chi connectivity index (χ1) is 11.1. The van der Waals surface area contributed by atoms with Crippen molar-refractivity contribution in [3.63, 3.8) is 0 Å². The summed E-state index contributed by atoms with van der Waals surface area (Å²) in [5, 5.41) is 13.3. The number of H-pyrrole nitrogens is 1. The Labute approximate surface area is 149 Å². The van der Waals surface area contributed by atoms with Crippen molar-refractivity contribution >= 4 is 52.3 Å². The third-order valence-electron chi connectivity index (χ3n) is 2.79. The normalized spacial score (nSPS) is 10.7. The number of nitrogens with one attached hydrogen (secondary N) is 1. The van der Waals surface area contributed by atoms with Gasteiger partial charge in [-0.3, -0.25) is 5.10 Å². The maximum absolute atomic E-state index is 11.6. The fraction of sp³-hybridized carbons (Fsp3) is 0.0769. The number of carbonyl (C=O) groups excluding carboxylic acids is 1. The van der Waals surface area contributed by atoms with E-state index >= 15 is 0 Å². The van der Waals surface area contributed by atoms with Crippen LogP contribution in [0.15, 0.2) is 32.9 Å². The Bertz CT molecular complexity index is 865. The second-order valence-electron chi connectivity index (χ2n) is 4.21. The van der Waals surface area contributed by atoms with Crippen molar-refractivity contribution in [2.24, 2.45) is 0 Å². The number of thiazole rings is 1. The minimum Gasteiger partial charge on any atom is -0.464 e. The van der Waals surface area contributed by atoms with Crippen molar-refractivity contribution in [1.29, 1.82) is 0 Å². The Morgan fingerprint density at radius 2 is 2.17 bits per heavy atom. The zero-order valence-electron chi connectivity index (χ0n) is 11.5. The molecule has 23 heavy (non-hydrogen) atoms. The Kier molecular flexibility index (Phi) is 4.86. The molecule has 0 unspecified atom stereocenters. The molecule has 0 spiro atoms. The summed E-state index contributed by atoms with van der Waals surface area (Å²) in [5.41, 5.74) is 1.82. The predicted molar refractivity (Wildman–Crippen MR) is 89.4 cm³/mol. The number of rotatable bonds is 4. The van der Waals surface area contributed by atoms with Crippen LogP contribution in [0, 0.1) is 0 Å². The Morgan fingerprint density at radius 3 is 2.91 bits per heavy atom. The van der Waals surface area contributed by atoms with Crippen LogP contribution in [0.5, 0.6) is 0 Å². The number of carbonyl (C=O) groups is 1. The summed E-state index contributed by atoms with van der Waals surface area (Å²) in [6, 6.07) is 5.31. The van der Waals surface area contributed by atoms with Crippen LogP contribution in [-0.4, -0.2) is 33.5 Å². The smallest absolute Gasteiger partial charge is 0.358 e. The summed E-state index contributed by atoms with van der Waals surface area (Å²) in [5.74, 6) is -0.529. The van der Waals surface area contributed by atoms with Gasteiger partial charge in [-0.15, -0.1) is 16.4 Å². The minimum absolute atomic E-state index is 0.198. The van der Waals surface area contributed by atoms with E-state index in [9.17, 15) is 4.79 Å². The minimum atomic E-state index is -0.529. The van der Waals surface area contributed by atoms with E-state index in [1.165, 1.54) is 30.2 Å². The molecule has 0 aliphatic rings. The van der Waals surface area contributed by atoms with Crippen LogP contribution in [0.4, 0.5) is 0 Å². The van der Waals surface area contributed by atoms with E-state index in [1.807, 2.05) is 11.4 Å². The summed E-state index contributed by atoms with van der Waals surface area (Å²) in [7, 11) is 1.30. The number of nitrogens with zero attached hydrogens (tertiary/aromatic N) is 3. The van der Waals surface area contributed by atoms with E-state index in [0.29, 0.717) is 19.4 Å². The zero-order chi connectivity index (χ0) is 16.4. The van der Waals surface area contributed by atoms with Gasteiger partial charge in [0.1, 0.15) is 0 Å². The second kappa shape index (κ2) is 6.88. The van der Waals surface area contributed by atoms with Gasteiger partial charge >= 0.3 is 5.97 Å². The molecule has 118 valence electrons. The van der Waals surface area contributed by atoms with Gasteiger partial charge in [0.05, 0.1) is 22.8 Å². The molecule has 0 fully saturated rings. The molecule has 10 heteroatoms. The van der Waals surface area contributed by atoms with Gasteiger partial charge in [0.2, 0.25) is 0 Å². The molecule has 1 N–H and O–H groups in total. The summed E-state index contributed by atoms with van der Waals surface area (Å²) in [4.78, 5) is 16.1. The van der Waals surface area contributed by atoms with E-state index < -0.39 is 5.97 Å². The van der Waals surface area contributed by atoms with Crippen LogP contribution in [-0.2, 0) is 4.74 Å². The van der Waals surface area contributed by atoms with Crippen LogP contribution in [0.2, 0.25) is 10.0 Å². The molecule has 2 heterocycles. The number of halogens is 2. The fourth-order valence-electron chi connectivity index (χ4n) is 1.70.